The van der Waals surface area contributed by atoms with Crippen LogP contribution in [-0.4, -0.2) is 73.7 Å². The molecule has 1 unspecified atom stereocenters. The van der Waals surface area contributed by atoms with E-state index in [1.54, 1.807) is 18.2 Å². The second kappa shape index (κ2) is 8.53. The zero-order valence-electron chi connectivity index (χ0n) is 23.9. The minimum absolute atomic E-state index is 0.0410. The van der Waals surface area contributed by atoms with Crippen molar-refractivity contribution >= 4 is 28.6 Å². The summed E-state index contributed by atoms with van der Waals surface area (Å²) in [6.45, 7) is -8.94. The van der Waals surface area contributed by atoms with Crippen molar-refractivity contribution in [3.8, 4) is 23.0 Å². The molecule has 0 radical (unpaired) electrons. The molecule has 33 heavy (non-hydrogen) atoms. The summed E-state index contributed by atoms with van der Waals surface area (Å²) in [5.41, 5.74) is 6.41. The monoisotopic (exact) mass is 457 g/mol. The van der Waals surface area contributed by atoms with Crippen LogP contribution in [0.4, 0.5) is 11.8 Å². The van der Waals surface area contributed by atoms with Crippen LogP contribution in [0, 0.1) is 0 Å². The Hall–Kier alpha value is -3.95. The minimum atomic E-state index is -2.59. The number of aromatic nitrogens is 2. The van der Waals surface area contributed by atoms with E-state index in [0.29, 0.717) is 16.9 Å². The number of benzene rings is 2. The highest BCUT2D eigenvalue weighted by atomic mass is 16.6. The molecule has 2 aromatic carbocycles. The summed E-state index contributed by atoms with van der Waals surface area (Å²) >= 11 is 0. The Bertz CT molecular complexity index is 1440. The van der Waals surface area contributed by atoms with Crippen molar-refractivity contribution in [1.29, 1.82) is 0 Å². The van der Waals surface area contributed by atoms with Crippen LogP contribution >= 0.6 is 0 Å². The van der Waals surface area contributed by atoms with Crippen molar-refractivity contribution in [1.82, 2.24) is 14.9 Å². The molecule has 1 fully saturated rings. The number of anilines is 2. The van der Waals surface area contributed by atoms with Gasteiger partial charge in [0.25, 0.3) is 5.91 Å². The van der Waals surface area contributed by atoms with Crippen LogP contribution in [0.15, 0.2) is 36.4 Å². The number of piperazine rings is 1. The number of carbonyl (C=O) groups is 1. The summed E-state index contributed by atoms with van der Waals surface area (Å²) in [5.74, 6) is -0.387. The fourth-order valence-electron chi connectivity index (χ4n) is 3.45. The maximum atomic E-state index is 13.4. The second-order valence-corrected chi connectivity index (χ2v) is 7.14. The molecule has 0 bridgehead atoms. The highest BCUT2D eigenvalue weighted by Gasteiger charge is 2.33. The fraction of sp³-hybridized carbons (Fsp3) is 0.348. The lowest BCUT2D eigenvalue weighted by molar-refractivity contribution is -0.141. The summed E-state index contributed by atoms with van der Waals surface area (Å²) in [6.07, 6.45) is -1.79. The van der Waals surface area contributed by atoms with Gasteiger partial charge in [0, 0.05) is 37.5 Å². The molecule has 1 amide bonds. The van der Waals surface area contributed by atoms with E-state index in [2.05, 4.69) is 9.97 Å². The van der Waals surface area contributed by atoms with Crippen molar-refractivity contribution in [2.75, 3.05) is 57.5 Å². The third kappa shape index (κ3) is 3.88. The molecule has 2 aliphatic rings. The van der Waals surface area contributed by atoms with E-state index in [-0.39, 0.29) is 28.8 Å². The average Bonchev–Trinajstić information content (AvgIpc) is 2.85. The second-order valence-electron chi connectivity index (χ2n) is 7.14. The van der Waals surface area contributed by atoms with Crippen molar-refractivity contribution in [2.45, 2.75) is 6.10 Å². The van der Waals surface area contributed by atoms with Gasteiger partial charge in [0.05, 0.1) is 28.0 Å². The highest BCUT2D eigenvalue weighted by Crippen LogP contribution is 2.34. The Morgan fingerprint density at radius 2 is 1.82 bits per heavy atom. The molecule has 2 aliphatic heterocycles. The number of amides is 1. The van der Waals surface area contributed by atoms with Crippen molar-refractivity contribution in [2.24, 2.45) is 0 Å². The van der Waals surface area contributed by atoms with Gasteiger partial charge in [-0.2, -0.15) is 4.98 Å². The third-order valence-electron chi connectivity index (χ3n) is 5.16. The Kier molecular flexibility index (Phi) is 3.87. The van der Waals surface area contributed by atoms with E-state index in [9.17, 15) is 4.79 Å². The van der Waals surface area contributed by atoms with Crippen molar-refractivity contribution in [3.05, 3.63) is 36.4 Å². The normalized spacial score (nSPS) is 25.0. The molecule has 3 heterocycles. The number of hydrogen-bond donors (Lipinski definition) is 1. The maximum absolute atomic E-state index is 13.4. The first-order valence-corrected chi connectivity index (χ1v) is 10.0. The summed E-state index contributed by atoms with van der Waals surface area (Å²) < 4.78 is 72.7. The number of fused-ring (bicyclic) bond motifs is 2. The standard InChI is InChI=1S/C23H25N5O5/c1-30-18-11-14-15(12-19(18)31-2)25-23(26-21(14)24)28-9-7-27(8-10-28)22(29)20-13-32-16-5-3-4-6-17(16)33-20/h3-6,11-12,20H,7-10,13H2,1-2H3,(H2,24,25,26)/i9D2,10D2,13D2. The van der Waals surface area contributed by atoms with Crippen LogP contribution in [0.5, 0.6) is 23.0 Å². The van der Waals surface area contributed by atoms with Gasteiger partial charge >= 0.3 is 0 Å². The molecule has 2 N–H and O–H groups in total. The van der Waals surface area contributed by atoms with Crippen LogP contribution in [0.1, 0.15) is 8.22 Å². The number of rotatable bonds is 4. The van der Waals surface area contributed by atoms with Gasteiger partial charge in [-0.25, -0.2) is 4.98 Å². The maximum Gasteiger partial charge on any atom is 0.267 e. The quantitative estimate of drug-likeness (QED) is 0.626. The Balaban J connectivity index is 1.48. The highest BCUT2D eigenvalue weighted by molar-refractivity contribution is 5.91. The van der Waals surface area contributed by atoms with E-state index in [4.69, 9.17) is 32.9 Å². The summed E-state index contributed by atoms with van der Waals surface area (Å²) in [5, 5.41) is 0.392. The number of ether oxygens (including phenoxy) is 4. The first-order chi connectivity index (χ1) is 18.3. The lowest BCUT2D eigenvalue weighted by atomic mass is 10.2. The molecular formula is C23H25N5O5. The van der Waals surface area contributed by atoms with Gasteiger partial charge in [0.1, 0.15) is 12.4 Å². The molecule has 0 aliphatic carbocycles. The fourth-order valence-corrected chi connectivity index (χ4v) is 3.45. The molecule has 1 atom stereocenters. The van der Waals surface area contributed by atoms with E-state index in [1.165, 1.54) is 32.4 Å². The van der Waals surface area contributed by atoms with Crippen LogP contribution < -0.4 is 29.6 Å². The number of para-hydroxylation sites is 2. The smallest absolute Gasteiger partial charge is 0.267 e. The van der Waals surface area contributed by atoms with Gasteiger partial charge in [-0.15, -0.1) is 0 Å². The van der Waals surface area contributed by atoms with Crippen LogP contribution in [0.2, 0.25) is 0 Å². The third-order valence-corrected chi connectivity index (χ3v) is 5.16. The molecule has 3 aromatic rings. The van der Waals surface area contributed by atoms with E-state index >= 15 is 0 Å². The van der Waals surface area contributed by atoms with Gasteiger partial charge in [0.15, 0.2) is 23.0 Å². The molecule has 0 spiro atoms. The summed E-state index contributed by atoms with van der Waals surface area (Å²) in [6, 6.07) is 9.32. The Morgan fingerprint density at radius 3 is 2.55 bits per heavy atom. The zero-order valence-corrected chi connectivity index (χ0v) is 17.9. The van der Waals surface area contributed by atoms with Gasteiger partial charge < -0.3 is 34.5 Å². The zero-order chi connectivity index (χ0) is 28.3. The van der Waals surface area contributed by atoms with E-state index < -0.39 is 44.7 Å². The van der Waals surface area contributed by atoms with Gasteiger partial charge in [-0.05, 0) is 18.2 Å². The number of nitrogens with zero attached hydrogens (tertiary/aromatic N) is 4. The molecule has 0 saturated carbocycles. The molecule has 1 saturated heterocycles. The van der Waals surface area contributed by atoms with Crippen LogP contribution in [0.3, 0.4) is 0 Å². The van der Waals surface area contributed by atoms with E-state index in [0.717, 1.165) is 9.80 Å². The van der Waals surface area contributed by atoms with Crippen LogP contribution in [0.25, 0.3) is 10.9 Å². The molecule has 5 rings (SSSR count). The Labute approximate surface area is 199 Å². The van der Waals surface area contributed by atoms with Gasteiger partial charge in [-0.3, -0.25) is 4.79 Å². The molecule has 172 valence electrons. The summed E-state index contributed by atoms with van der Waals surface area (Å²) in [4.78, 5) is 23.5. The van der Waals surface area contributed by atoms with Gasteiger partial charge in [-0.1, -0.05) is 12.1 Å². The number of nitrogens with two attached hydrogens (primary N) is 1. The molecule has 1 aromatic heterocycles. The first kappa shape index (κ1) is 15.0. The lowest BCUT2D eigenvalue weighted by Crippen LogP contribution is -2.54. The summed E-state index contributed by atoms with van der Waals surface area (Å²) in [7, 11) is 2.89. The van der Waals surface area contributed by atoms with Crippen molar-refractivity contribution < 1.29 is 32.0 Å². The van der Waals surface area contributed by atoms with Crippen molar-refractivity contribution in [3.63, 3.8) is 0 Å². The topological polar surface area (TPSA) is 112 Å². The van der Waals surface area contributed by atoms with E-state index in [1.807, 2.05) is 0 Å². The van der Waals surface area contributed by atoms with Gasteiger partial charge in [0.2, 0.25) is 12.1 Å². The average molecular weight is 458 g/mol. The predicted octanol–water partition coefficient (Wildman–Crippen LogP) is 1.72. The molecular weight excluding hydrogens is 426 g/mol. The molecule has 10 heteroatoms. The first-order valence-electron chi connectivity index (χ1n) is 13.0. The number of nitrogen functional groups attached to an aromatic ring is 1. The largest absolute Gasteiger partial charge is 0.493 e. The SMILES string of the molecule is [2H]C1([2H])Oc2ccccc2OC1C(=O)N1CC([2H])([2H])N(c2nc(N)c3cc(OC)c(OC)cc3n2)C([2H])([2H])C1. The number of hydrogen-bond acceptors (Lipinski definition) is 9. The number of methoxy groups -OCH3 is 2. The number of carbonyl (C=O) groups excluding carboxylic acids is 1. The lowest BCUT2D eigenvalue weighted by Gasteiger charge is -2.37. The molecule has 10 nitrogen and oxygen atoms in total. The Morgan fingerprint density at radius 1 is 1.12 bits per heavy atom. The minimum Gasteiger partial charge on any atom is -0.493 e. The predicted molar refractivity (Wildman–Crippen MR) is 122 cm³/mol. The van der Waals surface area contributed by atoms with Crippen LogP contribution in [-0.2, 0) is 4.79 Å².